The second kappa shape index (κ2) is 4.81. The Kier molecular flexibility index (Phi) is 3.21. The van der Waals surface area contributed by atoms with E-state index in [9.17, 15) is 9.90 Å². The first kappa shape index (κ1) is 14.0. The molecule has 0 unspecified atom stereocenters. The van der Waals surface area contributed by atoms with Gasteiger partial charge in [0.15, 0.2) is 0 Å². The molecule has 1 aliphatic rings. The lowest BCUT2D eigenvalue weighted by Crippen LogP contribution is -2.53. The van der Waals surface area contributed by atoms with Crippen molar-refractivity contribution in [2.75, 3.05) is 0 Å². The molecular weight excluding hydrogens is 264 g/mol. The van der Waals surface area contributed by atoms with Gasteiger partial charge in [0.2, 0.25) is 0 Å². The topological polar surface area (TPSA) is 62.2 Å². The van der Waals surface area contributed by atoms with Crippen LogP contribution in [0.1, 0.15) is 41.4 Å². The molecule has 1 aromatic carbocycles. The number of benzene rings is 1. The highest BCUT2D eigenvalue weighted by Crippen LogP contribution is 2.31. The molecule has 0 spiro atoms. The Morgan fingerprint density at radius 2 is 2.05 bits per heavy atom. The van der Waals surface area contributed by atoms with E-state index in [4.69, 9.17) is 0 Å². The fraction of sp³-hybridized carbons (Fsp3) is 0.412. The number of aryl methyl sites for hydroxylation is 2. The summed E-state index contributed by atoms with van der Waals surface area (Å²) in [6, 6.07) is 7.98. The average Bonchev–Trinajstić information content (AvgIpc) is 2.35. The molecule has 0 saturated heterocycles. The Bertz CT molecular complexity index is 714. The number of amides is 1. The van der Waals surface area contributed by atoms with E-state index in [-0.39, 0.29) is 11.9 Å². The molecule has 4 nitrogen and oxygen atoms in total. The van der Waals surface area contributed by atoms with Crippen LogP contribution in [0.4, 0.5) is 0 Å². The molecule has 4 heteroatoms. The molecule has 2 N–H and O–H groups in total. The van der Waals surface area contributed by atoms with Gasteiger partial charge in [0, 0.05) is 11.4 Å². The van der Waals surface area contributed by atoms with Crippen molar-refractivity contribution >= 4 is 16.8 Å². The number of aliphatic hydroxyl groups is 1. The van der Waals surface area contributed by atoms with Gasteiger partial charge in [-0.25, -0.2) is 0 Å². The molecule has 0 atom stereocenters. The first-order chi connectivity index (χ1) is 9.84. The Hall–Kier alpha value is -1.94. The molecule has 1 saturated carbocycles. The molecule has 21 heavy (non-hydrogen) atoms. The summed E-state index contributed by atoms with van der Waals surface area (Å²) in [5, 5.41) is 13.7. The van der Waals surface area contributed by atoms with Gasteiger partial charge in [-0.15, -0.1) is 0 Å². The lowest BCUT2D eigenvalue weighted by Gasteiger charge is -2.41. The summed E-state index contributed by atoms with van der Waals surface area (Å²) in [5.41, 5.74) is 2.78. The van der Waals surface area contributed by atoms with Crippen molar-refractivity contribution in [1.29, 1.82) is 0 Å². The van der Waals surface area contributed by atoms with Crippen LogP contribution in [-0.4, -0.2) is 27.6 Å². The maximum atomic E-state index is 12.4. The second-order valence-electron chi connectivity index (χ2n) is 6.39. The Labute approximate surface area is 124 Å². The first-order valence-corrected chi connectivity index (χ1v) is 7.25. The summed E-state index contributed by atoms with van der Waals surface area (Å²) >= 11 is 0. The maximum absolute atomic E-state index is 12.4. The summed E-state index contributed by atoms with van der Waals surface area (Å²) in [7, 11) is 0. The highest BCUT2D eigenvalue weighted by molar-refractivity contribution is 5.98. The van der Waals surface area contributed by atoms with Crippen molar-refractivity contribution in [3.05, 3.63) is 41.1 Å². The van der Waals surface area contributed by atoms with Crippen LogP contribution in [0.2, 0.25) is 0 Å². The molecule has 2 aromatic rings. The van der Waals surface area contributed by atoms with Gasteiger partial charge in [-0.05, 0) is 51.3 Å². The number of carbonyl (C=O) groups excluding carboxylic acids is 1. The van der Waals surface area contributed by atoms with Crippen molar-refractivity contribution in [1.82, 2.24) is 10.3 Å². The lowest BCUT2D eigenvalue weighted by atomic mass is 9.77. The van der Waals surface area contributed by atoms with E-state index in [0.717, 1.165) is 22.2 Å². The van der Waals surface area contributed by atoms with Crippen LogP contribution in [-0.2, 0) is 0 Å². The number of nitrogens with one attached hydrogen (secondary N) is 1. The number of fused-ring (bicyclic) bond motifs is 1. The summed E-state index contributed by atoms with van der Waals surface area (Å²) in [6.45, 7) is 5.67. The van der Waals surface area contributed by atoms with E-state index >= 15 is 0 Å². The Morgan fingerprint density at radius 1 is 1.33 bits per heavy atom. The third-order valence-electron chi connectivity index (χ3n) is 4.12. The van der Waals surface area contributed by atoms with Crippen molar-refractivity contribution in [2.45, 2.75) is 45.3 Å². The third kappa shape index (κ3) is 2.76. The van der Waals surface area contributed by atoms with Crippen LogP contribution in [0.5, 0.6) is 0 Å². The molecule has 1 heterocycles. The van der Waals surface area contributed by atoms with Gasteiger partial charge >= 0.3 is 0 Å². The Morgan fingerprint density at radius 3 is 2.71 bits per heavy atom. The number of rotatable bonds is 2. The number of hydrogen-bond donors (Lipinski definition) is 2. The zero-order valence-electron chi connectivity index (χ0n) is 12.6. The zero-order chi connectivity index (χ0) is 15.2. The van der Waals surface area contributed by atoms with E-state index in [1.54, 1.807) is 6.92 Å². The van der Waals surface area contributed by atoms with Gasteiger partial charge in [0.1, 0.15) is 0 Å². The monoisotopic (exact) mass is 284 g/mol. The van der Waals surface area contributed by atoms with Gasteiger partial charge in [-0.2, -0.15) is 0 Å². The zero-order valence-corrected chi connectivity index (χ0v) is 12.6. The largest absolute Gasteiger partial charge is 0.390 e. The minimum Gasteiger partial charge on any atom is -0.390 e. The van der Waals surface area contributed by atoms with Crippen molar-refractivity contribution in [3.8, 4) is 0 Å². The number of pyridine rings is 1. The summed E-state index contributed by atoms with van der Waals surface area (Å²) in [4.78, 5) is 16.9. The summed E-state index contributed by atoms with van der Waals surface area (Å²) in [6.07, 6.45) is 1.22. The quantitative estimate of drug-likeness (QED) is 0.890. The SMILES string of the molecule is Cc1ccc2cc(C(=O)NC3CC(C)(O)C3)c(C)nc2c1. The molecule has 3 rings (SSSR count). The average molecular weight is 284 g/mol. The minimum atomic E-state index is -0.633. The second-order valence-corrected chi connectivity index (χ2v) is 6.39. The van der Waals surface area contributed by atoms with Crippen LogP contribution in [0.25, 0.3) is 10.9 Å². The molecule has 110 valence electrons. The molecule has 0 aliphatic heterocycles. The molecule has 1 amide bonds. The number of carbonyl (C=O) groups is 1. The predicted octanol–water partition coefficient (Wildman–Crippen LogP) is 2.49. The minimum absolute atomic E-state index is 0.0561. The van der Waals surface area contributed by atoms with Gasteiger partial charge in [0.25, 0.3) is 5.91 Å². The molecule has 1 aromatic heterocycles. The van der Waals surface area contributed by atoms with Crippen LogP contribution >= 0.6 is 0 Å². The van der Waals surface area contributed by atoms with E-state index in [2.05, 4.69) is 10.3 Å². The lowest BCUT2D eigenvalue weighted by molar-refractivity contribution is -0.0366. The van der Waals surface area contributed by atoms with E-state index in [1.165, 1.54) is 0 Å². The van der Waals surface area contributed by atoms with Gasteiger partial charge in [0.05, 0.1) is 22.4 Å². The van der Waals surface area contributed by atoms with Crippen molar-refractivity contribution in [3.63, 3.8) is 0 Å². The van der Waals surface area contributed by atoms with Crippen molar-refractivity contribution < 1.29 is 9.90 Å². The summed E-state index contributed by atoms with van der Waals surface area (Å²) in [5.74, 6) is -0.108. The Balaban J connectivity index is 1.84. The fourth-order valence-corrected chi connectivity index (χ4v) is 2.97. The molecular formula is C17H20N2O2. The van der Waals surface area contributed by atoms with E-state index in [1.807, 2.05) is 38.1 Å². The normalized spacial score (nSPS) is 24.7. The molecule has 0 bridgehead atoms. The predicted molar refractivity (Wildman–Crippen MR) is 82.3 cm³/mol. The van der Waals surface area contributed by atoms with Crippen molar-refractivity contribution in [2.24, 2.45) is 0 Å². The number of nitrogens with zero attached hydrogens (tertiary/aromatic N) is 1. The van der Waals surface area contributed by atoms with E-state index < -0.39 is 5.60 Å². The third-order valence-corrected chi connectivity index (χ3v) is 4.12. The standard InChI is InChI=1S/C17H20N2O2/c1-10-4-5-12-7-14(11(2)18-15(12)6-10)16(20)19-13-8-17(3,21)9-13/h4-7,13,21H,8-9H2,1-3H3,(H,19,20). The molecule has 1 aliphatic carbocycles. The first-order valence-electron chi connectivity index (χ1n) is 7.25. The fourth-order valence-electron chi connectivity index (χ4n) is 2.97. The van der Waals surface area contributed by atoms with Crippen LogP contribution < -0.4 is 5.32 Å². The van der Waals surface area contributed by atoms with Crippen LogP contribution in [0, 0.1) is 13.8 Å². The highest BCUT2D eigenvalue weighted by Gasteiger charge is 2.39. The van der Waals surface area contributed by atoms with Gasteiger partial charge < -0.3 is 10.4 Å². The smallest absolute Gasteiger partial charge is 0.253 e. The van der Waals surface area contributed by atoms with E-state index in [0.29, 0.717) is 18.4 Å². The van der Waals surface area contributed by atoms with Crippen LogP contribution in [0.3, 0.4) is 0 Å². The number of aromatic nitrogens is 1. The number of hydrogen-bond acceptors (Lipinski definition) is 3. The van der Waals surface area contributed by atoms with Gasteiger partial charge in [-0.1, -0.05) is 12.1 Å². The van der Waals surface area contributed by atoms with Crippen LogP contribution in [0.15, 0.2) is 24.3 Å². The molecule has 0 radical (unpaired) electrons. The molecule has 1 fully saturated rings. The summed E-state index contributed by atoms with van der Waals surface area (Å²) < 4.78 is 0. The highest BCUT2D eigenvalue weighted by atomic mass is 16.3. The van der Waals surface area contributed by atoms with Gasteiger partial charge in [-0.3, -0.25) is 9.78 Å². The maximum Gasteiger partial charge on any atom is 0.253 e.